The number of ether oxygens (including phenoxy) is 1. The van der Waals surface area contributed by atoms with E-state index in [1.165, 1.54) is 7.11 Å². The number of allylic oxidation sites excluding steroid dienone is 2. The number of fused-ring (bicyclic) bond motifs is 2. The van der Waals surface area contributed by atoms with Gasteiger partial charge < -0.3 is 15.0 Å². The summed E-state index contributed by atoms with van der Waals surface area (Å²) >= 11 is 0. The predicted octanol–water partition coefficient (Wildman–Crippen LogP) is 2.82. The van der Waals surface area contributed by atoms with E-state index in [0.29, 0.717) is 41.0 Å². The molecule has 5 rings (SSSR count). The van der Waals surface area contributed by atoms with Crippen LogP contribution in [-0.2, 0) is 4.79 Å². The number of ketones is 1. The number of nitrogens with one attached hydrogen (secondary N) is 3. The number of aromatic nitrogens is 3. The Labute approximate surface area is 177 Å². The normalized spacial score (nSPS) is 19.6. The van der Waals surface area contributed by atoms with Crippen LogP contribution in [0.3, 0.4) is 0 Å². The number of hydrogen-bond donors (Lipinski definition) is 3. The molecule has 0 amide bonds. The van der Waals surface area contributed by atoms with Gasteiger partial charge in [-0.2, -0.15) is 4.98 Å². The van der Waals surface area contributed by atoms with Crippen molar-refractivity contribution in [2.45, 2.75) is 32.6 Å². The number of hydrogen-bond acceptors (Lipinski definition) is 6. The second-order valence-corrected chi connectivity index (χ2v) is 8.87. The molecule has 8 nitrogen and oxygen atoms in total. The van der Waals surface area contributed by atoms with Gasteiger partial charge in [-0.25, -0.2) is 0 Å². The number of anilines is 1. The minimum Gasteiger partial charge on any atom is -0.468 e. The summed E-state index contributed by atoms with van der Waals surface area (Å²) in [7, 11) is 1.41. The van der Waals surface area contributed by atoms with Crippen LogP contribution in [0, 0.1) is 5.41 Å². The number of nitrogens with zero attached hydrogens (tertiary/aromatic N) is 1. The van der Waals surface area contributed by atoms with Crippen molar-refractivity contribution in [1.29, 1.82) is 0 Å². The fourth-order valence-corrected chi connectivity index (χ4v) is 4.68. The summed E-state index contributed by atoms with van der Waals surface area (Å²) in [6, 6.07) is 9.23. The molecule has 8 heteroatoms. The van der Waals surface area contributed by atoms with E-state index >= 15 is 0 Å². The van der Waals surface area contributed by atoms with Gasteiger partial charge in [-0.1, -0.05) is 32.0 Å². The molecule has 158 valence electrons. The van der Waals surface area contributed by atoms with E-state index in [1.807, 2.05) is 38.1 Å². The Morgan fingerprint density at radius 2 is 1.84 bits per heavy atom. The Kier molecular flexibility index (Phi) is 4.15. The van der Waals surface area contributed by atoms with Crippen molar-refractivity contribution in [3.8, 4) is 6.01 Å². The summed E-state index contributed by atoms with van der Waals surface area (Å²) in [4.78, 5) is 49.3. The number of rotatable bonds is 2. The number of methoxy groups -OCH3 is 1. The number of aromatic amines is 2. The molecular formula is C23H22N4O4. The Morgan fingerprint density at radius 3 is 2.61 bits per heavy atom. The zero-order valence-corrected chi connectivity index (χ0v) is 17.5. The zero-order chi connectivity index (χ0) is 21.9. The average Bonchev–Trinajstić information content (AvgIpc) is 2.70. The van der Waals surface area contributed by atoms with Crippen LogP contribution in [-0.4, -0.2) is 27.8 Å². The standard InChI is InChI=1S/C23H22N4O4/c1-23(2)9-14-17(15(28)10-23)16(18-19(24-14)26-22(31-3)27-21(18)30)12-8-11-6-4-5-7-13(11)25-20(12)29/h4-8,16H,9-10H2,1-3H3,(H,25,29)(H2,24,26,27,30). The molecule has 31 heavy (non-hydrogen) atoms. The smallest absolute Gasteiger partial charge is 0.298 e. The summed E-state index contributed by atoms with van der Waals surface area (Å²) in [5, 5.41) is 4.01. The molecule has 1 aliphatic carbocycles. The molecule has 2 aromatic heterocycles. The predicted molar refractivity (Wildman–Crippen MR) is 116 cm³/mol. The molecule has 1 aliphatic heterocycles. The van der Waals surface area contributed by atoms with E-state index in [0.717, 1.165) is 5.39 Å². The molecule has 0 saturated carbocycles. The summed E-state index contributed by atoms with van der Waals surface area (Å²) in [5.41, 5.74) is 1.42. The van der Waals surface area contributed by atoms with Crippen LogP contribution in [0.15, 0.2) is 51.2 Å². The highest BCUT2D eigenvalue weighted by molar-refractivity contribution is 6.01. The van der Waals surface area contributed by atoms with E-state index in [4.69, 9.17) is 4.74 Å². The van der Waals surface area contributed by atoms with Gasteiger partial charge in [0.25, 0.3) is 17.1 Å². The number of pyridine rings is 1. The number of carbonyl (C=O) groups excluding carboxylic acids is 1. The maximum atomic E-state index is 13.3. The second-order valence-electron chi connectivity index (χ2n) is 8.87. The van der Waals surface area contributed by atoms with Crippen molar-refractivity contribution in [2.24, 2.45) is 5.41 Å². The fraction of sp³-hybridized carbons (Fsp3) is 0.304. The Balaban J connectivity index is 1.83. The van der Waals surface area contributed by atoms with Crippen LogP contribution < -0.4 is 21.2 Å². The van der Waals surface area contributed by atoms with E-state index in [-0.39, 0.29) is 28.3 Å². The van der Waals surface area contributed by atoms with Crippen molar-refractivity contribution >= 4 is 22.5 Å². The number of Topliss-reactive ketones (excluding diaryl/α,β-unsaturated/α-hetero) is 1. The van der Waals surface area contributed by atoms with Gasteiger partial charge >= 0.3 is 0 Å². The third-order valence-electron chi connectivity index (χ3n) is 5.99. The minimum absolute atomic E-state index is 0.0628. The molecule has 0 spiro atoms. The SMILES string of the molecule is COc1nc2c(c(=O)[nH]1)C(c1cc3ccccc3[nH]c1=O)C1=C(CC(C)(C)CC1=O)N2. The first-order valence-electron chi connectivity index (χ1n) is 10.1. The molecule has 3 N–H and O–H groups in total. The molecule has 2 aliphatic rings. The first-order valence-corrected chi connectivity index (χ1v) is 10.1. The van der Waals surface area contributed by atoms with Crippen molar-refractivity contribution in [2.75, 3.05) is 12.4 Å². The van der Waals surface area contributed by atoms with E-state index in [1.54, 1.807) is 6.07 Å². The number of H-pyrrole nitrogens is 2. The molecule has 1 aromatic carbocycles. The number of carbonyl (C=O) groups is 1. The third kappa shape index (κ3) is 3.06. The maximum Gasteiger partial charge on any atom is 0.298 e. The zero-order valence-electron chi connectivity index (χ0n) is 17.5. The van der Waals surface area contributed by atoms with Crippen LogP contribution in [0.4, 0.5) is 5.82 Å². The lowest BCUT2D eigenvalue weighted by Crippen LogP contribution is -2.38. The first kappa shape index (κ1) is 19.3. The average molecular weight is 418 g/mol. The molecule has 0 bridgehead atoms. The summed E-state index contributed by atoms with van der Waals surface area (Å²) < 4.78 is 5.12. The maximum absolute atomic E-state index is 13.3. The Morgan fingerprint density at radius 1 is 1.06 bits per heavy atom. The van der Waals surface area contributed by atoms with Crippen molar-refractivity contribution in [1.82, 2.24) is 15.0 Å². The molecule has 3 aromatic rings. The summed E-state index contributed by atoms with van der Waals surface area (Å²) in [6.07, 6.45) is 0.943. The highest BCUT2D eigenvalue weighted by Crippen LogP contribution is 2.47. The lowest BCUT2D eigenvalue weighted by Gasteiger charge is -2.38. The first-order chi connectivity index (χ1) is 14.8. The molecular weight excluding hydrogens is 396 g/mol. The topological polar surface area (TPSA) is 117 Å². The van der Waals surface area contributed by atoms with Crippen LogP contribution >= 0.6 is 0 Å². The van der Waals surface area contributed by atoms with Gasteiger partial charge in [-0.05, 0) is 29.4 Å². The quantitative estimate of drug-likeness (QED) is 0.589. The van der Waals surface area contributed by atoms with Crippen molar-refractivity contribution < 1.29 is 9.53 Å². The lowest BCUT2D eigenvalue weighted by molar-refractivity contribution is -0.118. The molecule has 1 atom stereocenters. The molecule has 0 saturated heterocycles. The van der Waals surface area contributed by atoms with Crippen LogP contribution in [0.2, 0.25) is 0 Å². The third-order valence-corrected chi connectivity index (χ3v) is 5.99. The van der Waals surface area contributed by atoms with Gasteiger partial charge in [0.2, 0.25) is 0 Å². The molecule has 1 unspecified atom stereocenters. The van der Waals surface area contributed by atoms with Gasteiger partial charge in [-0.15, -0.1) is 0 Å². The molecule has 0 radical (unpaired) electrons. The summed E-state index contributed by atoms with van der Waals surface area (Å²) in [6.45, 7) is 4.05. The van der Waals surface area contributed by atoms with Crippen molar-refractivity contribution in [3.63, 3.8) is 0 Å². The van der Waals surface area contributed by atoms with Crippen LogP contribution in [0.5, 0.6) is 6.01 Å². The Hall–Kier alpha value is -3.68. The van der Waals surface area contributed by atoms with Crippen LogP contribution in [0.25, 0.3) is 10.9 Å². The summed E-state index contributed by atoms with van der Waals surface area (Å²) in [5.74, 6) is -0.579. The van der Waals surface area contributed by atoms with Gasteiger partial charge in [0.05, 0.1) is 18.6 Å². The van der Waals surface area contributed by atoms with E-state index in [2.05, 4.69) is 20.3 Å². The number of para-hydroxylation sites is 1. The van der Waals surface area contributed by atoms with Gasteiger partial charge in [0.15, 0.2) is 5.78 Å². The van der Waals surface area contributed by atoms with E-state index in [9.17, 15) is 14.4 Å². The second kappa shape index (κ2) is 6.66. The van der Waals surface area contributed by atoms with Gasteiger partial charge in [0.1, 0.15) is 5.82 Å². The lowest BCUT2D eigenvalue weighted by atomic mass is 9.69. The molecule has 3 heterocycles. The number of benzene rings is 1. The highest BCUT2D eigenvalue weighted by Gasteiger charge is 2.43. The van der Waals surface area contributed by atoms with Gasteiger partial charge in [0, 0.05) is 28.8 Å². The van der Waals surface area contributed by atoms with Crippen molar-refractivity contribution in [3.05, 3.63) is 73.4 Å². The monoisotopic (exact) mass is 418 g/mol. The Bertz CT molecular complexity index is 1400. The highest BCUT2D eigenvalue weighted by atomic mass is 16.5. The minimum atomic E-state index is -0.814. The fourth-order valence-electron chi connectivity index (χ4n) is 4.68. The van der Waals surface area contributed by atoms with Gasteiger partial charge in [-0.3, -0.25) is 19.4 Å². The van der Waals surface area contributed by atoms with E-state index < -0.39 is 11.5 Å². The van der Waals surface area contributed by atoms with Crippen LogP contribution in [0.1, 0.15) is 43.7 Å². The largest absolute Gasteiger partial charge is 0.468 e. The molecule has 0 fully saturated rings.